The van der Waals surface area contributed by atoms with E-state index in [9.17, 15) is 9.90 Å². The van der Waals surface area contributed by atoms with E-state index in [1.165, 1.54) is 0 Å². The van der Waals surface area contributed by atoms with Gasteiger partial charge in [-0.3, -0.25) is 9.48 Å². The molecular formula is C16H27N3O2. The van der Waals surface area contributed by atoms with Crippen LogP contribution in [0.5, 0.6) is 0 Å². The Bertz CT molecular complexity index is 486. The Hall–Kier alpha value is -1.36. The van der Waals surface area contributed by atoms with Crippen LogP contribution in [-0.4, -0.2) is 32.9 Å². The number of hydrogen-bond acceptors (Lipinski definition) is 3. The van der Waals surface area contributed by atoms with E-state index >= 15 is 0 Å². The van der Waals surface area contributed by atoms with Crippen molar-refractivity contribution in [2.45, 2.75) is 70.9 Å². The molecule has 1 amide bonds. The van der Waals surface area contributed by atoms with Crippen molar-refractivity contribution in [3.05, 3.63) is 17.5 Å². The standard InChI is InChI=1S/C16H27N3O2/c1-4-13(5-2)19-14(10-12(3)18-19)15(20)17-11-16(21)8-6-7-9-16/h10,13,21H,4-9,11H2,1-3H3,(H,17,20). The van der Waals surface area contributed by atoms with Gasteiger partial charge in [0.05, 0.1) is 17.3 Å². The zero-order valence-corrected chi connectivity index (χ0v) is 13.4. The number of nitrogens with zero attached hydrogens (tertiary/aromatic N) is 2. The number of rotatable bonds is 6. The van der Waals surface area contributed by atoms with Gasteiger partial charge in [0.1, 0.15) is 5.69 Å². The van der Waals surface area contributed by atoms with Gasteiger partial charge >= 0.3 is 0 Å². The Morgan fingerprint density at radius 1 is 1.43 bits per heavy atom. The Kier molecular flexibility index (Phi) is 5.04. The second-order valence-electron chi connectivity index (χ2n) is 6.20. The molecule has 1 aliphatic rings. The van der Waals surface area contributed by atoms with E-state index in [1.54, 1.807) is 0 Å². The van der Waals surface area contributed by atoms with Crippen LogP contribution >= 0.6 is 0 Å². The molecule has 1 saturated carbocycles. The van der Waals surface area contributed by atoms with Crippen LogP contribution in [0, 0.1) is 6.92 Å². The monoisotopic (exact) mass is 293 g/mol. The highest BCUT2D eigenvalue weighted by Crippen LogP contribution is 2.28. The average molecular weight is 293 g/mol. The van der Waals surface area contributed by atoms with E-state index in [4.69, 9.17) is 0 Å². The maximum absolute atomic E-state index is 12.4. The van der Waals surface area contributed by atoms with Crippen LogP contribution in [0.15, 0.2) is 6.07 Å². The molecule has 1 fully saturated rings. The Labute approximate surface area is 126 Å². The number of aryl methyl sites for hydroxylation is 1. The molecule has 0 unspecified atom stereocenters. The van der Waals surface area contributed by atoms with Crippen LogP contribution in [0.3, 0.4) is 0 Å². The second kappa shape index (κ2) is 6.60. The third-order valence-corrected chi connectivity index (χ3v) is 4.49. The van der Waals surface area contributed by atoms with Crippen molar-refractivity contribution in [2.75, 3.05) is 6.54 Å². The first kappa shape index (κ1) is 16.0. The number of aromatic nitrogens is 2. The van der Waals surface area contributed by atoms with Crippen LogP contribution in [0.4, 0.5) is 0 Å². The van der Waals surface area contributed by atoms with Crippen LogP contribution in [0.25, 0.3) is 0 Å². The molecule has 0 bridgehead atoms. The minimum absolute atomic E-state index is 0.136. The molecular weight excluding hydrogens is 266 g/mol. The van der Waals surface area contributed by atoms with E-state index in [-0.39, 0.29) is 11.9 Å². The summed E-state index contributed by atoms with van der Waals surface area (Å²) in [7, 11) is 0. The molecule has 0 saturated heterocycles. The number of carbonyl (C=O) groups is 1. The minimum atomic E-state index is -0.718. The van der Waals surface area contributed by atoms with Crippen molar-refractivity contribution in [3.8, 4) is 0 Å². The fourth-order valence-electron chi connectivity index (χ4n) is 3.14. The van der Waals surface area contributed by atoms with E-state index in [0.717, 1.165) is 44.2 Å². The van der Waals surface area contributed by atoms with Gasteiger partial charge in [-0.05, 0) is 38.7 Å². The summed E-state index contributed by atoms with van der Waals surface area (Å²) in [6.07, 6.45) is 5.52. The van der Waals surface area contributed by atoms with Gasteiger partial charge in [0.15, 0.2) is 0 Å². The maximum Gasteiger partial charge on any atom is 0.269 e. The lowest BCUT2D eigenvalue weighted by Crippen LogP contribution is -2.41. The maximum atomic E-state index is 12.4. The smallest absolute Gasteiger partial charge is 0.269 e. The predicted molar refractivity (Wildman–Crippen MR) is 82.3 cm³/mol. The molecule has 0 radical (unpaired) electrons. The van der Waals surface area contributed by atoms with Crippen molar-refractivity contribution < 1.29 is 9.90 Å². The van der Waals surface area contributed by atoms with Gasteiger partial charge in [0, 0.05) is 6.54 Å². The molecule has 1 aromatic heterocycles. The first-order valence-electron chi connectivity index (χ1n) is 8.06. The van der Waals surface area contributed by atoms with Crippen molar-refractivity contribution in [2.24, 2.45) is 0 Å². The summed E-state index contributed by atoms with van der Waals surface area (Å²) >= 11 is 0. The van der Waals surface area contributed by atoms with Gasteiger partial charge in [-0.2, -0.15) is 5.10 Å². The topological polar surface area (TPSA) is 67.2 Å². The average Bonchev–Trinajstić information content (AvgIpc) is 3.05. The molecule has 0 aromatic carbocycles. The lowest BCUT2D eigenvalue weighted by atomic mass is 10.0. The molecule has 0 spiro atoms. The first-order chi connectivity index (χ1) is 9.99. The van der Waals surface area contributed by atoms with Crippen molar-refractivity contribution in [1.82, 2.24) is 15.1 Å². The molecule has 2 rings (SSSR count). The number of aliphatic hydroxyl groups is 1. The normalized spacial score (nSPS) is 17.4. The van der Waals surface area contributed by atoms with E-state index in [0.29, 0.717) is 12.2 Å². The van der Waals surface area contributed by atoms with Crippen molar-refractivity contribution >= 4 is 5.91 Å². The highest BCUT2D eigenvalue weighted by Gasteiger charge is 2.32. The molecule has 21 heavy (non-hydrogen) atoms. The largest absolute Gasteiger partial charge is 0.388 e. The third kappa shape index (κ3) is 3.64. The molecule has 2 N–H and O–H groups in total. The fourth-order valence-corrected chi connectivity index (χ4v) is 3.14. The third-order valence-electron chi connectivity index (χ3n) is 4.49. The minimum Gasteiger partial charge on any atom is -0.388 e. The predicted octanol–water partition coefficient (Wildman–Crippen LogP) is 2.59. The highest BCUT2D eigenvalue weighted by atomic mass is 16.3. The zero-order chi connectivity index (χ0) is 15.5. The highest BCUT2D eigenvalue weighted by molar-refractivity contribution is 5.92. The Morgan fingerprint density at radius 3 is 2.62 bits per heavy atom. The van der Waals surface area contributed by atoms with Crippen molar-refractivity contribution in [3.63, 3.8) is 0 Å². The Balaban J connectivity index is 2.08. The lowest BCUT2D eigenvalue weighted by molar-refractivity contribution is 0.0446. The molecule has 5 heteroatoms. The SMILES string of the molecule is CCC(CC)n1nc(C)cc1C(=O)NCC1(O)CCCC1. The van der Waals surface area contributed by atoms with E-state index in [2.05, 4.69) is 24.3 Å². The summed E-state index contributed by atoms with van der Waals surface area (Å²) in [4.78, 5) is 12.4. The van der Waals surface area contributed by atoms with Gasteiger partial charge in [-0.15, -0.1) is 0 Å². The van der Waals surface area contributed by atoms with E-state index in [1.807, 2.05) is 17.7 Å². The van der Waals surface area contributed by atoms with Crippen molar-refractivity contribution in [1.29, 1.82) is 0 Å². The van der Waals surface area contributed by atoms with Crippen LogP contribution in [0.2, 0.25) is 0 Å². The summed E-state index contributed by atoms with van der Waals surface area (Å²) in [5.41, 5.74) is 0.735. The quantitative estimate of drug-likeness (QED) is 0.847. The summed E-state index contributed by atoms with van der Waals surface area (Å²) in [6.45, 7) is 6.45. The molecule has 1 heterocycles. The Morgan fingerprint density at radius 2 is 2.05 bits per heavy atom. The number of carbonyl (C=O) groups excluding carboxylic acids is 1. The number of hydrogen-bond donors (Lipinski definition) is 2. The first-order valence-corrected chi connectivity index (χ1v) is 8.06. The van der Waals surface area contributed by atoms with Gasteiger partial charge in [-0.1, -0.05) is 26.7 Å². The van der Waals surface area contributed by atoms with Gasteiger partial charge in [0.2, 0.25) is 0 Å². The van der Waals surface area contributed by atoms with E-state index < -0.39 is 5.60 Å². The summed E-state index contributed by atoms with van der Waals surface area (Å²) in [6, 6.07) is 2.07. The lowest BCUT2D eigenvalue weighted by Gasteiger charge is -2.23. The molecule has 118 valence electrons. The molecule has 1 aromatic rings. The molecule has 0 atom stereocenters. The number of nitrogens with one attached hydrogen (secondary N) is 1. The molecule has 0 aliphatic heterocycles. The second-order valence-corrected chi connectivity index (χ2v) is 6.20. The molecule has 1 aliphatic carbocycles. The number of amides is 1. The summed E-state index contributed by atoms with van der Waals surface area (Å²) in [5, 5.41) is 17.7. The summed E-state index contributed by atoms with van der Waals surface area (Å²) in [5.74, 6) is -0.136. The van der Waals surface area contributed by atoms with Gasteiger partial charge < -0.3 is 10.4 Å². The van der Waals surface area contributed by atoms with Crippen LogP contribution in [0.1, 0.15) is 74.6 Å². The van der Waals surface area contributed by atoms with Gasteiger partial charge in [-0.25, -0.2) is 0 Å². The summed E-state index contributed by atoms with van der Waals surface area (Å²) < 4.78 is 1.84. The molecule has 5 nitrogen and oxygen atoms in total. The fraction of sp³-hybridized carbons (Fsp3) is 0.750. The zero-order valence-electron chi connectivity index (χ0n) is 13.4. The van der Waals surface area contributed by atoms with Crippen LogP contribution in [-0.2, 0) is 0 Å². The van der Waals surface area contributed by atoms with Gasteiger partial charge in [0.25, 0.3) is 5.91 Å². The van der Waals surface area contributed by atoms with Crippen LogP contribution < -0.4 is 5.32 Å².